The molecule has 0 saturated heterocycles. The second kappa shape index (κ2) is 8.13. The Hall–Kier alpha value is -2.69. The van der Waals surface area contributed by atoms with Gasteiger partial charge in [0.05, 0.1) is 32.5 Å². The normalized spacial score (nSPS) is 14.4. The molecule has 2 aromatic rings. The van der Waals surface area contributed by atoms with Crippen LogP contribution in [0, 0.1) is 12.8 Å². The first-order valence-electron chi connectivity index (χ1n) is 8.92. The second-order valence-corrected chi connectivity index (χ2v) is 6.71. The Labute approximate surface area is 154 Å². The van der Waals surface area contributed by atoms with Crippen molar-refractivity contribution in [3.63, 3.8) is 0 Å². The number of rotatable bonds is 8. The van der Waals surface area contributed by atoms with Gasteiger partial charge in [0, 0.05) is 0 Å². The molecular weight excluding hydrogens is 328 g/mol. The van der Waals surface area contributed by atoms with E-state index >= 15 is 0 Å². The van der Waals surface area contributed by atoms with Crippen molar-refractivity contribution in [2.45, 2.75) is 25.8 Å². The van der Waals surface area contributed by atoms with Gasteiger partial charge in [0.1, 0.15) is 11.5 Å². The maximum absolute atomic E-state index is 12.5. The molecule has 5 nitrogen and oxygen atoms in total. The number of aryl methyl sites for hydroxylation is 1. The largest absolute Gasteiger partial charge is 0.497 e. The van der Waals surface area contributed by atoms with E-state index in [1.54, 1.807) is 14.2 Å². The molecule has 1 fully saturated rings. The van der Waals surface area contributed by atoms with E-state index in [1.807, 2.05) is 49.4 Å². The van der Waals surface area contributed by atoms with E-state index in [0.29, 0.717) is 5.92 Å². The van der Waals surface area contributed by atoms with E-state index in [0.717, 1.165) is 41.2 Å². The van der Waals surface area contributed by atoms with E-state index in [2.05, 4.69) is 10.6 Å². The Bertz CT molecular complexity index is 754. The van der Waals surface area contributed by atoms with Crippen molar-refractivity contribution in [1.82, 2.24) is 5.32 Å². The number of hydrogen-bond acceptors (Lipinski definition) is 4. The van der Waals surface area contributed by atoms with Crippen molar-refractivity contribution in [1.29, 1.82) is 0 Å². The number of anilines is 1. The van der Waals surface area contributed by atoms with Crippen LogP contribution in [0.25, 0.3) is 0 Å². The van der Waals surface area contributed by atoms with Gasteiger partial charge in [0.25, 0.3) is 0 Å². The van der Waals surface area contributed by atoms with Crippen LogP contribution in [0.2, 0.25) is 0 Å². The highest BCUT2D eigenvalue weighted by Gasteiger charge is 2.33. The van der Waals surface area contributed by atoms with E-state index in [-0.39, 0.29) is 18.5 Å². The SMILES string of the molecule is COc1ccc(C(NC(=O)CNc2cc(C)ccc2OC)C2CC2)cc1. The minimum atomic E-state index is -0.0266. The van der Waals surface area contributed by atoms with E-state index in [4.69, 9.17) is 9.47 Å². The quantitative estimate of drug-likeness (QED) is 0.759. The lowest BCUT2D eigenvalue weighted by atomic mass is 10.0. The molecule has 26 heavy (non-hydrogen) atoms. The molecule has 0 radical (unpaired) electrons. The Kier molecular flexibility index (Phi) is 5.66. The average Bonchev–Trinajstić information content (AvgIpc) is 3.50. The third kappa shape index (κ3) is 4.48. The Balaban J connectivity index is 1.63. The Morgan fingerprint density at radius 2 is 1.85 bits per heavy atom. The van der Waals surface area contributed by atoms with Crippen LogP contribution in [-0.4, -0.2) is 26.7 Å². The zero-order valence-corrected chi connectivity index (χ0v) is 15.5. The summed E-state index contributed by atoms with van der Waals surface area (Å²) in [5.41, 5.74) is 3.06. The average molecular weight is 354 g/mol. The number of hydrogen-bond donors (Lipinski definition) is 2. The van der Waals surface area contributed by atoms with Crippen LogP contribution >= 0.6 is 0 Å². The summed E-state index contributed by atoms with van der Waals surface area (Å²) in [7, 11) is 3.28. The first kappa shape index (κ1) is 18.1. The molecule has 0 spiro atoms. The molecule has 138 valence electrons. The summed E-state index contributed by atoms with van der Waals surface area (Å²) < 4.78 is 10.6. The molecule has 2 aromatic carbocycles. The van der Waals surface area contributed by atoms with Gasteiger partial charge in [0.2, 0.25) is 5.91 Å². The highest BCUT2D eigenvalue weighted by Crippen LogP contribution is 2.41. The van der Waals surface area contributed by atoms with Crippen molar-refractivity contribution < 1.29 is 14.3 Å². The molecule has 1 saturated carbocycles. The molecule has 0 heterocycles. The van der Waals surface area contributed by atoms with Gasteiger partial charge in [-0.3, -0.25) is 4.79 Å². The molecule has 1 aliphatic rings. The van der Waals surface area contributed by atoms with E-state index in [1.165, 1.54) is 0 Å². The van der Waals surface area contributed by atoms with Gasteiger partial charge < -0.3 is 20.1 Å². The van der Waals surface area contributed by atoms with Crippen molar-refractivity contribution in [2.75, 3.05) is 26.1 Å². The van der Waals surface area contributed by atoms with Gasteiger partial charge in [-0.2, -0.15) is 0 Å². The molecule has 5 heteroatoms. The molecule has 0 aromatic heterocycles. The molecule has 1 unspecified atom stereocenters. The van der Waals surface area contributed by atoms with Crippen LogP contribution in [0.3, 0.4) is 0 Å². The summed E-state index contributed by atoms with van der Waals surface area (Å²) in [5, 5.41) is 6.35. The van der Waals surface area contributed by atoms with Crippen LogP contribution in [0.15, 0.2) is 42.5 Å². The van der Waals surface area contributed by atoms with Gasteiger partial charge in [0.15, 0.2) is 0 Å². The van der Waals surface area contributed by atoms with Gasteiger partial charge in [-0.15, -0.1) is 0 Å². The lowest BCUT2D eigenvalue weighted by Crippen LogP contribution is -2.34. The summed E-state index contributed by atoms with van der Waals surface area (Å²) in [5.74, 6) is 2.04. The number of benzene rings is 2. The van der Waals surface area contributed by atoms with Gasteiger partial charge in [-0.05, 0) is 61.1 Å². The van der Waals surface area contributed by atoms with Gasteiger partial charge >= 0.3 is 0 Å². The molecule has 1 aliphatic carbocycles. The van der Waals surface area contributed by atoms with Crippen molar-refractivity contribution in [3.05, 3.63) is 53.6 Å². The van der Waals surface area contributed by atoms with Crippen LogP contribution < -0.4 is 20.1 Å². The lowest BCUT2D eigenvalue weighted by Gasteiger charge is -2.20. The first-order valence-corrected chi connectivity index (χ1v) is 8.92. The number of nitrogens with one attached hydrogen (secondary N) is 2. The fourth-order valence-corrected chi connectivity index (χ4v) is 3.07. The molecule has 3 rings (SSSR count). The zero-order chi connectivity index (χ0) is 18.5. The van der Waals surface area contributed by atoms with Crippen molar-refractivity contribution in [2.24, 2.45) is 5.92 Å². The summed E-state index contributed by atoms with van der Waals surface area (Å²) in [4.78, 5) is 12.5. The number of carbonyl (C=O) groups excluding carboxylic acids is 1. The fourth-order valence-electron chi connectivity index (χ4n) is 3.07. The van der Waals surface area contributed by atoms with Crippen molar-refractivity contribution in [3.8, 4) is 11.5 Å². The minimum absolute atomic E-state index is 0.0266. The van der Waals surface area contributed by atoms with Crippen LogP contribution in [-0.2, 0) is 4.79 Å². The van der Waals surface area contributed by atoms with E-state index in [9.17, 15) is 4.79 Å². The summed E-state index contributed by atoms with van der Waals surface area (Å²) in [6.07, 6.45) is 2.30. The molecule has 1 atom stereocenters. The minimum Gasteiger partial charge on any atom is -0.497 e. The molecule has 0 bridgehead atoms. The first-order chi connectivity index (χ1) is 12.6. The third-order valence-electron chi connectivity index (χ3n) is 4.68. The lowest BCUT2D eigenvalue weighted by molar-refractivity contribution is -0.120. The standard InChI is InChI=1S/C21H26N2O3/c1-14-4-11-19(26-3)18(12-14)22-13-20(24)23-21(15-5-6-15)16-7-9-17(25-2)10-8-16/h4,7-12,15,21-22H,5-6,13H2,1-3H3,(H,23,24). The Morgan fingerprint density at radius 1 is 1.12 bits per heavy atom. The maximum Gasteiger partial charge on any atom is 0.239 e. The number of methoxy groups -OCH3 is 2. The van der Waals surface area contributed by atoms with Crippen molar-refractivity contribution >= 4 is 11.6 Å². The maximum atomic E-state index is 12.5. The number of carbonyl (C=O) groups is 1. The van der Waals surface area contributed by atoms with Gasteiger partial charge in [-0.25, -0.2) is 0 Å². The zero-order valence-electron chi connectivity index (χ0n) is 15.5. The highest BCUT2D eigenvalue weighted by atomic mass is 16.5. The summed E-state index contributed by atoms with van der Waals surface area (Å²) >= 11 is 0. The molecular formula is C21H26N2O3. The second-order valence-electron chi connectivity index (χ2n) is 6.71. The molecule has 0 aliphatic heterocycles. The summed E-state index contributed by atoms with van der Waals surface area (Å²) in [6, 6.07) is 13.8. The van der Waals surface area contributed by atoms with Crippen LogP contribution in [0.5, 0.6) is 11.5 Å². The fraction of sp³-hybridized carbons (Fsp3) is 0.381. The topological polar surface area (TPSA) is 59.6 Å². The van der Waals surface area contributed by atoms with E-state index < -0.39 is 0 Å². The summed E-state index contributed by atoms with van der Waals surface area (Å²) in [6.45, 7) is 2.22. The smallest absolute Gasteiger partial charge is 0.239 e. The highest BCUT2D eigenvalue weighted by molar-refractivity contribution is 5.81. The third-order valence-corrected chi connectivity index (χ3v) is 4.68. The predicted molar refractivity (Wildman–Crippen MR) is 103 cm³/mol. The van der Waals surface area contributed by atoms with Crippen LogP contribution in [0.4, 0.5) is 5.69 Å². The van der Waals surface area contributed by atoms with Crippen LogP contribution in [0.1, 0.15) is 30.0 Å². The number of amides is 1. The van der Waals surface area contributed by atoms with Gasteiger partial charge in [-0.1, -0.05) is 18.2 Å². The molecule has 1 amide bonds. The monoisotopic (exact) mass is 354 g/mol. The predicted octanol–water partition coefficient (Wildman–Crippen LogP) is 3.69. The Morgan fingerprint density at radius 3 is 2.46 bits per heavy atom. The molecule has 2 N–H and O–H groups in total. The number of ether oxygens (including phenoxy) is 2.